The minimum atomic E-state index is 0.420. The van der Waals surface area contributed by atoms with Crippen LogP contribution >= 0.6 is 0 Å². The molecule has 1 heterocycles. The zero-order valence-electron chi connectivity index (χ0n) is 11.1. The number of rotatable bonds is 1. The fraction of sp³-hybridized carbons (Fsp3) is 0.333. The Labute approximate surface area is 114 Å². The zero-order chi connectivity index (χ0) is 12.7. The van der Waals surface area contributed by atoms with Crippen LogP contribution in [0.5, 0.6) is 5.75 Å². The number of hydrogen-bond donors (Lipinski definition) is 0. The molecule has 2 aromatic rings. The van der Waals surface area contributed by atoms with Gasteiger partial charge in [0.05, 0.1) is 6.61 Å². The van der Waals surface area contributed by atoms with Gasteiger partial charge in [0.25, 0.3) is 0 Å². The van der Waals surface area contributed by atoms with Crippen LogP contribution in [0.4, 0.5) is 0 Å². The first-order valence-electron chi connectivity index (χ1n) is 7.25. The SMILES string of the molecule is c1ccc2c(c1)OCC2c1ccc2c(c1)CCCC2. The van der Waals surface area contributed by atoms with Gasteiger partial charge in [-0.3, -0.25) is 0 Å². The predicted molar refractivity (Wildman–Crippen MR) is 76.9 cm³/mol. The second-order valence-corrected chi connectivity index (χ2v) is 5.64. The molecule has 1 aliphatic carbocycles. The second-order valence-electron chi connectivity index (χ2n) is 5.64. The summed E-state index contributed by atoms with van der Waals surface area (Å²) < 4.78 is 5.81. The van der Waals surface area contributed by atoms with E-state index in [4.69, 9.17) is 4.74 Å². The Morgan fingerprint density at radius 3 is 2.68 bits per heavy atom. The van der Waals surface area contributed by atoms with Gasteiger partial charge in [-0.15, -0.1) is 0 Å². The van der Waals surface area contributed by atoms with E-state index in [1.165, 1.54) is 36.8 Å². The summed E-state index contributed by atoms with van der Waals surface area (Å²) >= 11 is 0. The first kappa shape index (κ1) is 11.1. The van der Waals surface area contributed by atoms with E-state index in [9.17, 15) is 0 Å². The van der Waals surface area contributed by atoms with Crippen molar-refractivity contribution in [2.24, 2.45) is 0 Å². The van der Waals surface area contributed by atoms with E-state index >= 15 is 0 Å². The lowest BCUT2D eigenvalue weighted by Crippen LogP contribution is -2.07. The molecule has 0 saturated carbocycles. The molecule has 0 saturated heterocycles. The molecular formula is C18H18O. The number of para-hydroxylation sites is 1. The Balaban J connectivity index is 1.74. The van der Waals surface area contributed by atoms with Crippen LogP contribution in [-0.2, 0) is 12.8 Å². The maximum atomic E-state index is 5.81. The minimum Gasteiger partial charge on any atom is -0.492 e. The number of ether oxygens (including phenoxy) is 1. The fourth-order valence-corrected chi connectivity index (χ4v) is 3.41. The molecule has 1 unspecified atom stereocenters. The fourth-order valence-electron chi connectivity index (χ4n) is 3.41. The van der Waals surface area contributed by atoms with Crippen LogP contribution in [0.1, 0.15) is 41.0 Å². The Kier molecular flexibility index (Phi) is 2.58. The molecule has 96 valence electrons. The maximum absolute atomic E-state index is 5.81. The van der Waals surface area contributed by atoms with E-state index in [1.807, 2.05) is 6.07 Å². The molecule has 19 heavy (non-hydrogen) atoms. The Hall–Kier alpha value is -1.76. The van der Waals surface area contributed by atoms with Crippen LogP contribution in [0.3, 0.4) is 0 Å². The largest absolute Gasteiger partial charge is 0.492 e. The summed E-state index contributed by atoms with van der Waals surface area (Å²) in [7, 11) is 0. The van der Waals surface area contributed by atoms with Gasteiger partial charge in [0.1, 0.15) is 5.75 Å². The summed E-state index contributed by atoms with van der Waals surface area (Å²) in [6.45, 7) is 0.790. The highest BCUT2D eigenvalue weighted by Gasteiger charge is 2.25. The standard InChI is InChI=1S/C18H18O/c1-2-6-14-11-15(10-9-13(14)5-1)17-12-19-18-8-4-3-7-16(17)18/h3-4,7-11,17H,1-2,5-6,12H2. The average Bonchev–Trinajstić information content (AvgIpc) is 2.91. The molecule has 1 nitrogen and oxygen atoms in total. The summed E-state index contributed by atoms with van der Waals surface area (Å²) in [6.07, 6.45) is 5.20. The minimum absolute atomic E-state index is 0.420. The first-order valence-corrected chi connectivity index (χ1v) is 7.25. The van der Waals surface area contributed by atoms with Crippen LogP contribution in [0.25, 0.3) is 0 Å². The van der Waals surface area contributed by atoms with Crippen molar-refractivity contribution in [2.75, 3.05) is 6.61 Å². The van der Waals surface area contributed by atoms with Crippen LogP contribution in [-0.4, -0.2) is 6.61 Å². The maximum Gasteiger partial charge on any atom is 0.123 e. The first-order chi connectivity index (χ1) is 9.42. The summed E-state index contributed by atoms with van der Waals surface area (Å²) in [5.74, 6) is 1.48. The zero-order valence-corrected chi connectivity index (χ0v) is 11.1. The molecule has 1 atom stereocenters. The van der Waals surface area contributed by atoms with Gasteiger partial charge in [-0.25, -0.2) is 0 Å². The third-order valence-electron chi connectivity index (χ3n) is 4.47. The average molecular weight is 250 g/mol. The van der Waals surface area contributed by atoms with Gasteiger partial charge >= 0.3 is 0 Å². The lowest BCUT2D eigenvalue weighted by Gasteiger charge is -2.18. The lowest BCUT2D eigenvalue weighted by molar-refractivity contribution is 0.343. The molecular weight excluding hydrogens is 232 g/mol. The molecule has 0 fully saturated rings. The molecule has 0 spiro atoms. The number of fused-ring (bicyclic) bond motifs is 2. The number of aryl methyl sites for hydroxylation is 2. The van der Waals surface area contributed by atoms with Crippen molar-refractivity contribution >= 4 is 0 Å². The van der Waals surface area contributed by atoms with Gasteiger partial charge in [0, 0.05) is 11.5 Å². The van der Waals surface area contributed by atoms with Crippen LogP contribution in [0, 0.1) is 0 Å². The van der Waals surface area contributed by atoms with Gasteiger partial charge in [-0.1, -0.05) is 36.4 Å². The molecule has 2 aliphatic rings. The van der Waals surface area contributed by atoms with Crippen molar-refractivity contribution in [3.63, 3.8) is 0 Å². The van der Waals surface area contributed by atoms with Gasteiger partial charge in [-0.2, -0.15) is 0 Å². The van der Waals surface area contributed by atoms with Crippen LogP contribution < -0.4 is 4.74 Å². The summed E-state index contributed by atoms with van der Waals surface area (Å²) in [4.78, 5) is 0. The van der Waals surface area contributed by atoms with E-state index in [2.05, 4.69) is 36.4 Å². The Morgan fingerprint density at radius 2 is 1.74 bits per heavy atom. The summed E-state index contributed by atoms with van der Waals surface area (Å²) in [5, 5.41) is 0. The summed E-state index contributed by atoms with van der Waals surface area (Å²) in [6, 6.07) is 15.5. The Morgan fingerprint density at radius 1 is 0.895 bits per heavy atom. The van der Waals surface area contributed by atoms with Crippen molar-refractivity contribution in [1.82, 2.24) is 0 Å². The van der Waals surface area contributed by atoms with Gasteiger partial charge in [0.2, 0.25) is 0 Å². The normalized spacial score (nSPS) is 20.5. The predicted octanol–water partition coefficient (Wildman–Crippen LogP) is 4.09. The van der Waals surface area contributed by atoms with E-state index < -0.39 is 0 Å². The highest BCUT2D eigenvalue weighted by atomic mass is 16.5. The smallest absolute Gasteiger partial charge is 0.123 e. The van der Waals surface area contributed by atoms with E-state index in [-0.39, 0.29) is 0 Å². The van der Waals surface area contributed by atoms with Crippen molar-refractivity contribution in [1.29, 1.82) is 0 Å². The van der Waals surface area contributed by atoms with Crippen molar-refractivity contribution in [2.45, 2.75) is 31.6 Å². The highest BCUT2D eigenvalue weighted by Crippen LogP contribution is 2.38. The molecule has 0 N–H and O–H groups in total. The third kappa shape index (κ3) is 1.85. The quantitative estimate of drug-likeness (QED) is 0.740. The summed E-state index contributed by atoms with van der Waals surface area (Å²) in [5.41, 5.74) is 5.89. The molecule has 0 bridgehead atoms. The topological polar surface area (TPSA) is 9.23 Å². The number of benzene rings is 2. The second kappa shape index (κ2) is 4.41. The monoisotopic (exact) mass is 250 g/mol. The van der Waals surface area contributed by atoms with Crippen LogP contribution in [0.2, 0.25) is 0 Å². The van der Waals surface area contributed by atoms with E-state index in [1.54, 1.807) is 11.1 Å². The molecule has 4 rings (SSSR count). The molecule has 2 aromatic carbocycles. The van der Waals surface area contributed by atoms with E-state index in [0.29, 0.717) is 5.92 Å². The number of hydrogen-bond acceptors (Lipinski definition) is 1. The highest BCUT2D eigenvalue weighted by molar-refractivity contribution is 5.47. The van der Waals surface area contributed by atoms with E-state index in [0.717, 1.165) is 12.4 Å². The van der Waals surface area contributed by atoms with Crippen molar-refractivity contribution in [3.05, 3.63) is 64.7 Å². The molecule has 0 amide bonds. The van der Waals surface area contributed by atoms with Gasteiger partial charge < -0.3 is 4.74 Å². The van der Waals surface area contributed by atoms with Crippen LogP contribution in [0.15, 0.2) is 42.5 Å². The lowest BCUT2D eigenvalue weighted by atomic mass is 9.86. The Bertz CT molecular complexity index is 615. The van der Waals surface area contributed by atoms with Gasteiger partial charge in [0.15, 0.2) is 0 Å². The third-order valence-corrected chi connectivity index (χ3v) is 4.47. The molecule has 0 radical (unpaired) electrons. The molecule has 0 aromatic heterocycles. The molecule has 1 aliphatic heterocycles. The van der Waals surface area contributed by atoms with Gasteiger partial charge in [-0.05, 0) is 48.4 Å². The molecule has 1 heteroatoms. The van der Waals surface area contributed by atoms with Crippen molar-refractivity contribution in [3.8, 4) is 5.75 Å². The van der Waals surface area contributed by atoms with Crippen molar-refractivity contribution < 1.29 is 4.74 Å².